The predicted molar refractivity (Wildman–Crippen MR) is 68.9 cm³/mol. The third kappa shape index (κ3) is 3.86. The van der Waals surface area contributed by atoms with Gasteiger partial charge in [-0.05, 0) is 36.0 Å². The maximum Gasteiger partial charge on any atom is 0.0467 e. The average molecular weight is 224 g/mol. The highest BCUT2D eigenvalue weighted by atomic mass is 32.2. The maximum atomic E-state index is 5.56. The van der Waals surface area contributed by atoms with Crippen molar-refractivity contribution < 1.29 is 0 Å². The summed E-state index contributed by atoms with van der Waals surface area (Å²) in [6.45, 7) is 2.17. The molecule has 2 nitrogen and oxygen atoms in total. The fourth-order valence-corrected chi connectivity index (χ4v) is 2.04. The van der Waals surface area contributed by atoms with Crippen LogP contribution < -0.4 is 11.3 Å². The van der Waals surface area contributed by atoms with E-state index in [1.807, 2.05) is 11.8 Å². The minimum atomic E-state index is 0.281. The van der Waals surface area contributed by atoms with Crippen LogP contribution in [0.4, 0.5) is 0 Å². The second-order valence-electron chi connectivity index (χ2n) is 3.60. The second kappa shape index (κ2) is 6.88. The topological polar surface area (TPSA) is 38.0 Å². The van der Waals surface area contributed by atoms with E-state index in [1.54, 1.807) is 0 Å². The molecule has 1 rings (SSSR count). The molecule has 0 aliphatic rings. The standard InChI is InChI=1S/C12H20N2S/c1-3-10-4-6-11(7-5-10)12(14-13)8-9-15-2/h4-7,12,14H,3,8-9,13H2,1-2H3. The second-order valence-corrected chi connectivity index (χ2v) is 4.58. The lowest BCUT2D eigenvalue weighted by molar-refractivity contribution is 0.543. The summed E-state index contributed by atoms with van der Waals surface area (Å²) < 4.78 is 0. The van der Waals surface area contributed by atoms with Crippen LogP contribution in [0.15, 0.2) is 24.3 Å². The number of aryl methyl sites for hydroxylation is 1. The van der Waals surface area contributed by atoms with Crippen molar-refractivity contribution in [1.29, 1.82) is 0 Å². The average Bonchev–Trinajstić information content (AvgIpc) is 2.31. The molecule has 0 aliphatic heterocycles. The minimum absolute atomic E-state index is 0.281. The quantitative estimate of drug-likeness (QED) is 0.576. The molecule has 0 saturated carbocycles. The van der Waals surface area contributed by atoms with Gasteiger partial charge in [-0.1, -0.05) is 31.2 Å². The van der Waals surface area contributed by atoms with Crippen molar-refractivity contribution in [2.45, 2.75) is 25.8 Å². The Bertz CT molecular complexity index is 271. The van der Waals surface area contributed by atoms with E-state index < -0.39 is 0 Å². The van der Waals surface area contributed by atoms with Gasteiger partial charge in [-0.15, -0.1) is 0 Å². The summed E-state index contributed by atoms with van der Waals surface area (Å²) in [5.74, 6) is 6.69. The molecule has 0 heterocycles. The summed E-state index contributed by atoms with van der Waals surface area (Å²) in [6.07, 6.45) is 4.28. The first-order valence-corrected chi connectivity index (χ1v) is 6.75. The lowest BCUT2D eigenvalue weighted by Crippen LogP contribution is -2.28. The smallest absolute Gasteiger partial charge is 0.0467 e. The first kappa shape index (κ1) is 12.6. The zero-order chi connectivity index (χ0) is 11.1. The summed E-state index contributed by atoms with van der Waals surface area (Å²) in [5, 5.41) is 0. The van der Waals surface area contributed by atoms with Crippen molar-refractivity contribution in [3.05, 3.63) is 35.4 Å². The number of nitrogens with two attached hydrogens (primary N) is 1. The van der Waals surface area contributed by atoms with Crippen molar-refractivity contribution in [1.82, 2.24) is 5.43 Å². The largest absolute Gasteiger partial charge is 0.271 e. The highest BCUT2D eigenvalue weighted by molar-refractivity contribution is 7.98. The Morgan fingerprint density at radius 2 is 2.00 bits per heavy atom. The molecule has 84 valence electrons. The van der Waals surface area contributed by atoms with Crippen molar-refractivity contribution >= 4 is 11.8 Å². The SMILES string of the molecule is CCc1ccc(C(CCSC)NN)cc1. The molecular weight excluding hydrogens is 204 g/mol. The Morgan fingerprint density at radius 3 is 2.47 bits per heavy atom. The van der Waals surface area contributed by atoms with Gasteiger partial charge in [-0.25, -0.2) is 0 Å². The molecule has 0 bridgehead atoms. The van der Waals surface area contributed by atoms with Crippen LogP contribution in [0.25, 0.3) is 0 Å². The normalized spacial score (nSPS) is 12.7. The Labute approximate surface area is 96.6 Å². The highest BCUT2D eigenvalue weighted by Crippen LogP contribution is 2.18. The van der Waals surface area contributed by atoms with Gasteiger partial charge in [0.2, 0.25) is 0 Å². The van der Waals surface area contributed by atoms with Crippen LogP contribution in [0.5, 0.6) is 0 Å². The minimum Gasteiger partial charge on any atom is -0.271 e. The molecule has 1 aromatic carbocycles. The van der Waals surface area contributed by atoms with Crippen molar-refractivity contribution in [2.24, 2.45) is 5.84 Å². The van der Waals surface area contributed by atoms with Gasteiger partial charge in [0.05, 0.1) is 0 Å². The molecule has 0 fully saturated rings. The van der Waals surface area contributed by atoms with E-state index in [2.05, 4.69) is 42.9 Å². The summed E-state index contributed by atoms with van der Waals surface area (Å²) >= 11 is 1.85. The van der Waals surface area contributed by atoms with Gasteiger partial charge in [0.1, 0.15) is 0 Å². The van der Waals surface area contributed by atoms with Crippen molar-refractivity contribution in [2.75, 3.05) is 12.0 Å². The van der Waals surface area contributed by atoms with Gasteiger partial charge in [-0.2, -0.15) is 11.8 Å². The van der Waals surface area contributed by atoms with E-state index in [9.17, 15) is 0 Å². The molecule has 0 radical (unpaired) electrons. The van der Waals surface area contributed by atoms with Gasteiger partial charge in [0.25, 0.3) is 0 Å². The molecule has 15 heavy (non-hydrogen) atoms. The molecular formula is C12H20N2S. The molecule has 3 N–H and O–H groups in total. The van der Waals surface area contributed by atoms with Gasteiger partial charge in [0.15, 0.2) is 0 Å². The van der Waals surface area contributed by atoms with E-state index in [4.69, 9.17) is 5.84 Å². The van der Waals surface area contributed by atoms with Crippen LogP contribution in [-0.4, -0.2) is 12.0 Å². The van der Waals surface area contributed by atoms with Crippen LogP contribution in [0.2, 0.25) is 0 Å². The first-order valence-electron chi connectivity index (χ1n) is 5.35. The highest BCUT2D eigenvalue weighted by Gasteiger charge is 2.08. The zero-order valence-corrected chi connectivity index (χ0v) is 10.3. The lowest BCUT2D eigenvalue weighted by atomic mass is 10.0. The zero-order valence-electron chi connectivity index (χ0n) is 9.49. The molecule has 3 heteroatoms. The van der Waals surface area contributed by atoms with Crippen LogP contribution in [0, 0.1) is 0 Å². The Hall–Kier alpha value is -0.510. The predicted octanol–water partition coefficient (Wildman–Crippen LogP) is 2.51. The maximum absolute atomic E-state index is 5.56. The van der Waals surface area contributed by atoms with Crippen molar-refractivity contribution in [3.8, 4) is 0 Å². The van der Waals surface area contributed by atoms with Gasteiger partial charge < -0.3 is 0 Å². The van der Waals surface area contributed by atoms with Crippen LogP contribution in [0.1, 0.15) is 30.5 Å². The summed E-state index contributed by atoms with van der Waals surface area (Å²) in [4.78, 5) is 0. The Morgan fingerprint density at radius 1 is 1.33 bits per heavy atom. The summed E-state index contributed by atoms with van der Waals surface area (Å²) in [5.41, 5.74) is 5.53. The van der Waals surface area contributed by atoms with E-state index >= 15 is 0 Å². The number of hydrazine groups is 1. The molecule has 0 amide bonds. The first-order chi connectivity index (χ1) is 7.31. The molecule has 1 unspecified atom stereocenters. The molecule has 1 aromatic rings. The van der Waals surface area contributed by atoms with E-state index in [0.717, 1.165) is 18.6 Å². The lowest BCUT2D eigenvalue weighted by Gasteiger charge is -2.15. The third-order valence-corrected chi connectivity index (χ3v) is 3.25. The molecule has 0 spiro atoms. The van der Waals surface area contributed by atoms with Crippen LogP contribution in [-0.2, 0) is 6.42 Å². The van der Waals surface area contributed by atoms with Gasteiger partial charge >= 0.3 is 0 Å². The van der Waals surface area contributed by atoms with Crippen molar-refractivity contribution in [3.63, 3.8) is 0 Å². The summed E-state index contributed by atoms with van der Waals surface area (Å²) in [6, 6.07) is 8.98. The van der Waals surface area contributed by atoms with E-state index in [-0.39, 0.29) is 6.04 Å². The number of thioether (sulfide) groups is 1. The Kier molecular flexibility index (Phi) is 5.76. The fraction of sp³-hybridized carbons (Fsp3) is 0.500. The summed E-state index contributed by atoms with van der Waals surface area (Å²) in [7, 11) is 0. The number of benzene rings is 1. The Balaban J connectivity index is 2.65. The number of nitrogens with one attached hydrogen (secondary N) is 1. The van der Waals surface area contributed by atoms with E-state index in [1.165, 1.54) is 11.1 Å². The molecule has 0 saturated heterocycles. The van der Waals surface area contributed by atoms with Gasteiger partial charge in [0, 0.05) is 6.04 Å². The molecule has 1 atom stereocenters. The van der Waals surface area contributed by atoms with Crippen LogP contribution in [0.3, 0.4) is 0 Å². The molecule has 0 aromatic heterocycles. The van der Waals surface area contributed by atoms with Gasteiger partial charge in [-0.3, -0.25) is 11.3 Å². The van der Waals surface area contributed by atoms with E-state index in [0.29, 0.717) is 0 Å². The van der Waals surface area contributed by atoms with Crippen LogP contribution >= 0.6 is 11.8 Å². The number of rotatable bonds is 6. The monoisotopic (exact) mass is 224 g/mol. The number of hydrogen-bond donors (Lipinski definition) is 2. The fourth-order valence-electron chi connectivity index (χ4n) is 1.57. The molecule has 0 aliphatic carbocycles. The third-order valence-electron chi connectivity index (χ3n) is 2.60. The number of hydrogen-bond acceptors (Lipinski definition) is 3.